The second-order valence-electron chi connectivity index (χ2n) is 4.30. The zero-order valence-corrected chi connectivity index (χ0v) is 14.5. The van der Waals surface area contributed by atoms with Crippen LogP contribution in [0.5, 0.6) is 0 Å². The van der Waals surface area contributed by atoms with E-state index in [2.05, 4.69) is 26.3 Å². The Kier molecular flexibility index (Phi) is 5.33. The molecule has 0 aliphatic carbocycles. The first-order valence-electron chi connectivity index (χ1n) is 6.06. The molecule has 0 aliphatic heterocycles. The lowest BCUT2D eigenvalue weighted by atomic mass is 10.3. The predicted molar refractivity (Wildman–Crippen MR) is 87.6 cm³/mol. The molecule has 0 spiro atoms. The Bertz CT molecular complexity index is 704. The maximum Gasteiger partial charge on any atom is 0.246 e. The van der Waals surface area contributed by atoms with Crippen molar-refractivity contribution in [3.63, 3.8) is 0 Å². The molecule has 0 unspecified atom stereocenters. The zero-order valence-electron chi connectivity index (χ0n) is 11.3. The number of nitrogen functional groups attached to an aromatic ring is 1. The van der Waals surface area contributed by atoms with E-state index in [9.17, 15) is 8.42 Å². The molecule has 3 N–H and O–H groups in total. The summed E-state index contributed by atoms with van der Waals surface area (Å²) in [6.45, 7) is 0.388. The number of hydrogen-bond acceptors (Lipinski definition) is 6. The predicted octanol–water partition coefficient (Wildman–Crippen LogP) is 2.05. The van der Waals surface area contributed by atoms with Gasteiger partial charge in [0.2, 0.25) is 10.0 Å². The van der Waals surface area contributed by atoms with Crippen LogP contribution in [0.15, 0.2) is 39.1 Å². The molecule has 6 nitrogen and oxygen atoms in total. The number of pyridine rings is 1. The number of aromatic nitrogens is 1. The van der Waals surface area contributed by atoms with Crippen molar-refractivity contribution in [2.45, 2.75) is 11.3 Å². The highest BCUT2D eigenvalue weighted by Crippen LogP contribution is 2.25. The third-order valence-corrected chi connectivity index (χ3v) is 6.14. The number of sulfonamides is 1. The molecular weight excluding hydrogens is 376 g/mol. The van der Waals surface area contributed by atoms with Gasteiger partial charge in [-0.1, -0.05) is 6.07 Å². The van der Waals surface area contributed by atoms with E-state index >= 15 is 0 Å². The lowest BCUT2D eigenvalue weighted by Gasteiger charge is -2.18. The van der Waals surface area contributed by atoms with Gasteiger partial charge in [-0.15, -0.1) is 11.3 Å². The molecule has 0 fully saturated rings. The largest absolute Gasteiger partial charge is 0.307 e. The summed E-state index contributed by atoms with van der Waals surface area (Å²) in [5.41, 5.74) is 2.32. The molecule has 0 atom stereocenters. The molecular formula is C12H15BrN4O2S2. The maximum atomic E-state index is 12.6. The van der Waals surface area contributed by atoms with Crippen LogP contribution in [0, 0.1) is 0 Å². The van der Waals surface area contributed by atoms with Gasteiger partial charge in [-0.2, -0.15) is 0 Å². The van der Waals surface area contributed by atoms with Crippen LogP contribution in [0.1, 0.15) is 4.88 Å². The first-order chi connectivity index (χ1) is 9.95. The van der Waals surface area contributed by atoms with Gasteiger partial charge in [0.25, 0.3) is 0 Å². The number of halogens is 1. The fourth-order valence-electron chi connectivity index (χ4n) is 1.74. The van der Waals surface area contributed by atoms with Crippen molar-refractivity contribution >= 4 is 43.1 Å². The molecule has 0 bridgehead atoms. The Balaban J connectivity index is 2.22. The highest BCUT2D eigenvalue weighted by molar-refractivity contribution is 9.10. The number of nitrogens with zero attached hydrogens (tertiary/aromatic N) is 2. The summed E-state index contributed by atoms with van der Waals surface area (Å²) in [6.07, 6.45) is 2.15. The summed E-state index contributed by atoms with van der Waals surface area (Å²) in [6, 6.07) is 5.42. The van der Waals surface area contributed by atoms with Crippen LogP contribution < -0.4 is 11.3 Å². The van der Waals surface area contributed by atoms with Gasteiger partial charge in [0.15, 0.2) is 5.82 Å². The van der Waals surface area contributed by atoms with Crippen LogP contribution in [-0.2, 0) is 16.4 Å². The van der Waals surface area contributed by atoms with Gasteiger partial charge in [0, 0.05) is 29.1 Å². The number of thiophene rings is 1. The number of nitrogens with one attached hydrogen (secondary N) is 1. The highest BCUT2D eigenvalue weighted by Gasteiger charge is 2.25. The van der Waals surface area contributed by atoms with E-state index in [-0.39, 0.29) is 10.7 Å². The third-order valence-electron chi connectivity index (χ3n) is 2.90. The number of hydrogen-bond donors (Lipinski definition) is 2. The van der Waals surface area contributed by atoms with E-state index in [0.717, 1.165) is 4.88 Å². The van der Waals surface area contributed by atoms with Gasteiger partial charge in [-0.05, 0) is 39.9 Å². The molecule has 0 amide bonds. The molecule has 2 aromatic rings. The second-order valence-corrected chi connectivity index (χ2v) is 8.26. The summed E-state index contributed by atoms with van der Waals surface area (Å²) in [5.74, 6) is 5.47. The normalized spacial score (nSPS) is 11.8. The average molecular weight is 391 g/mol. The molecule has 21 heavy (non-hydrogen) atoms. The fourth-order valence-corrected chi connectivity index (χ4v) is 4.22. The van der Waals surface area contributed by atoms with Crippen molar-refractivity contribution in [3.8, 4) is 0 Å². The van der Waals surface area contributed by atoms with E-state index in [1.165, 1.54) is 16.6 Å². The Morgan fingerprint density at radius 3 is 2.90 bits per heavy atom. The van der Waals surface area contributed by atoms with Gasteiger partial charge < -0.3 is 5.43 Å². The Hall–Kier alpha value is -1.00. The first-order valence-corrected chi connectivity index (χ1v) is 9.17. The standard InChI is InChI=1S/C12H15BrN4O2S2/c1-17(5-4-10-3-2-6-20-10)21(18,19)11-7-9(13)8-15-12(11)16-14/h2-3,6-8H,4-5,14H2,1H3,(H,15,16). The Morgan fingerprint density at radius 1 is 1.52 bits per heavy atom. The van der Waals surface area contributed by atoms with Crippen LogP contribution in [0.2, 0.25) is 0 Å². The fraction of sp³-hybridized carbons (Fsp3) is 0.250. The topological polar surface area (TPSA) is 88.3 Å². The maximum absolute atomic E-state index is 12.6. The smallest absolute Gasteiger partial charge is 0.246 e. The minimum Gasteiger partial charge on any atom is -0.307 e. The van der Waals surface area contributed by atoms with Gasteiger partial charge in [-0.3, -0.25) is 0 Å². The quantitative estimate of drug-likeness (QED) is 0.581. The van der Waals surface area contributed by atoms with Crippen LogP contribution in [0.3, 0.4) is 0 Å². The molecule has 9 heteroatoms. The zero-order chi connectivity index (χ0) is 15.5. The van der Waals surface area contributed by atoms with Gasteiger partial charge in [0.05, 0.1) is 0 Å². The second kappa shape index (κ2) is 6.84. The van der Waals surface area contributed by atoms with Crippen molar-refractivity contribution in [3.05, 3.63) is 39.1 Å². The summed E-state index contributed by atoms with van der Waals surface area (Å²) in [4.78, 5) is 5.16. The molecule has 0 aliphatic rings. The number of anilines is 1. The van der Waals surface area contributed by atoms with Crippen molar-refractivity contribution in [2.75, 3.05) is 19.0 Å². The molecule has 2 rings (SSSR count). The Morgan fingerprint density at radius 2 is 2.29 bits per heavy atom. The van der Waals surface area contributed by atoms with E-state index in [1.54, 1.807) is 18.4 Å². The number of hydrazine groups is 1. The number of rotatable bonds is 6. The highest BCUT2D eigenvalue weighted by atomic mass is 79.9. The van der Waals surface area contributed by atoms with Gasteiger partial charge in [-0.25, -0.2) is 23.5 Å². The average Bonchev–Trinajstić information content (AvgIpc) is 2.97. The minimum atomic E-state index is -3.65. The van der Waals surface area contributed by atoms with Crippen molar-refractivity contribution in [2.24, 2.45) is 5.84 Å². The van der Waals surface area contributed by atoms with Crippen LogP contribution in [-0.4, -0.2) is 31.3 Å². The van der Waals surface area contributed by atoms with E-state index < -0.39 is 10.0 Å². The monoisotopic (exact) mass is 390 g/mol. The summed E-state index contributed by atoms with van der Waals surface area (Å²) in [5, 5.41) is 1.97. The van der Waals surface area contributed by atoms with Crippen LogP contribution >= 0.6 is 27.3 Å². The summed E-state index contributed by atoms with van der Waals surface area (Å²) < 4.78 is 27.1. The molecule has 2 heterocycles. The third kappa shape index (κ3) is 3.80. The molecule has 0 saturated carbocycles. The van der Waals surface area contributed by atoms with Gasteiger partial charge in [0.1, 0.15) is 4.90 Å². The van der Waals surface area contributed by atoms with E-state index in [1.807, 2.05) is 17.5 Å². The number of nitrogens with two attached hydrogens (primary N) is 1. The Labute approximate surface area is 136 Å². The molecule has 114 valence electrons. The van der Waals surface area contributed by atoms with E-state index in [4.69, 9.17) is 5.84 Å². The molecule has 0 saturated heterocycles. The lowest BCUT2D eigenvalue weighted by molar-refractivity contribution is 0.473. The summed E-state index contributed by atoms with van der Waals surface area (Å²) in [7, 11) is -2.11. The van der Waals surface area contributed by atoms with Crippen molar-refractivity contribution < 1.29 is 8.42 Å². The van der Waals surface area contributed by atoms with Crippen LogP contribution in [0.4, 0.5) is 5.82 Å². The summed E-state index contributed by atoms with van der Waals surface area (Å²) >= 11 is 4.83. The van der Waals surface area contributed by atoms with Crippen molar-refractivity contribution in [1.29, 1.82) is 0 Å². The van der Waals surface area contributed by atoms with Gasteiger partial charge >= 0.3 is 0 Å². The number of likely N-dealkylation sites (N-methyl/N-ethyl adjacent to an activating group) is 1. The SMILES string of the molecule is CN(CCc1cccs1)S(=O)(=O)c1cc(Br)cnc1NN. The van der Waals surface area contributed by atoms with Crippen molar-refractivity contribution in [1.82, 2.24) is 9.29 Å². The first kappa shape index (κ1) is 16.4. The van der Waals surface area contributed by atoms with E-state index in [0.29, 0.717) is 17.4 Å². The minimum absolute atomic E-state index is 0.0491. The molecule has 0 radical (unpaired) electrons. The molecule has 0 aromatic carbocycles. The molecule has 2 aromatic heterocycles. The lowest BCUT2D eigenvalue weighted by Crippen LogP contribution is -2.30. The van der Waals surface area contributed by atoms with Crippen LogP contribution in [0.25, 0.3) is 0 Å².